The van der Waals surface area contributed by atoms with Gasteiger partial charge in [0.15, 0.2) is 17.3 Å². The Balaban J connectivity index is 0.982. The van der Waals surface area contributed by atoms with Crippen LogP contribution in [0.1, 0.15) is 47.8 Å². The van der Waals surface area contributed by atoms with E-state index in [1.807, 2.05) is 18.2 Å². The minimum absolute atomic E-state index is 0.0234. The number of hydrogen-bond acceptors (Lipinski definition) is 13. The molecule has 0 saturated carbocycles. The molecule has 2 atom stereocenters. The molecule has 3 aromatic carbocycles. The fourth-order valence-corrected chi connectivity index (χ4v) is 6.39. The number of carbonyl (C=O) groups is 3. The summed E-state index contributed by atoms with van der Waals surface area (Å²) in [6.45, 7) is 6.59. The quantitative estimate of drug-likeness (QED) is 0.0689. The number of halogens is 1. The zero-order valence-electron chi connectivity index (χ0n) is 34.3. The van der Waals surface area contributed by atoms with Crippen LogP contribution >= 0.6 is 0 Å². The minimum atomic E-state index is -0.868. The number of fused-ring (bicyclic) bond motifs is 1. The number of methoxy groups -OCH3 is 2. The third-order valence-electron chi connectivity index (χ3n) is 9.59. The summed E-state index contributed by atoms with van der Waals surface area (Å²) in [5.41, 5.74) is 2.92. The summed E-state index contributed by atoms with van der Waals surface area (Å²) in [5, 5.41) is 9.24. The van der Waals surface area contributed by atoms with Gasteiger partial charge in [-0.2, -0.15) is 0 Å². The molecular weight excluding hydrogens is 781 g/mol. The molecule has 3 aromatic rings. The molecule has 1 heterocycles. The number of rotatable bonds is 29. The first-order chi connectivity index (χ1) is 29.4. The molecule has 15 nitrogen and oxygen atoms in total. The highest BCUT2D eigenvalue weighted by Gasteiger charge is 2.31. The monoisotopic (exact) mass is 837 g/mol. The van der Waals surface area contributed by atoms with Crippen LogP contribution in [0.3, 0.4) is 0 Å². The minimum Gasteiger partial charge on any atom is -0.494 e. The highest BCUT2D eigenvalue weighted by atomic mass is 19.1. The maximum absolute atomic E-state index is 15.6. The maximum Gasteiger partial charge on any atom is 0.251 e. The highest BCUT2D eigenvalue weighted by molar-refractivity contribution is 6.11. The number of hydrogen-bond donors (Lipinski definition) is 3. The highest BCUT2D eigenvalue weighted by Crippen LogP contribution is 2.31. The Morgan fingerprint density at radius 2 is 1.10 bits per heavy atom. The molecule has 0 spiro atoms. The van der Waals surface area contributed by atoms with Gasteiger partial charge in [-0.15, -0.1) is 0 Å². The van der Waals surface area contributed by atoms with Gasteiger partial charge < -0.3 is 58.6 Å². The molecule has 0 radical (unpaired) electrons. The normalized spacial score (nSPS) is 15.5. The van der Waals surface area contributed by atoms with Crippen molar-refractivity contribution in [2.24, 2.45) is 0 Å². The second-order valence-electron chi connectivity index (χ2n) is 13.7. The lowest BCUT2D eigenvalue weighted by molar-refractivity contribution is -0.0199. The zero-order valence-corrected chi connectivity index (χ0v) is 34.3. The summed E-state index contributed by atoms with van der Waals surface area (Å²) in [5.74, 6) is -2.20. The van der Waals surface area contributed by atoms with Crippen LogP contribution in [0, 0.1) is 5.82 Å². The fraction of sp³-hybridized carbons (Fsp3) is 0.477. The van der Waals surface area contributed by atoms with Crippen LogP contribution in [0.15, 0.2) is 60.7 Å². The molecule has 326 valence electrons. The number of allylic oxidation sites excluding steroid dienone is 1. The summed E-state index contributed by atoms with van der Waals surface area (Å²) in [7, 11) is 2.93. The predicted molar refractivity (Wildman–Crippen MR) is 220 cm³/mol. The molecule has 1 saturated heterocycles. The molecule has 1 fully saturated rings. The van der Waals surface area contributed by atoms with Gasteiger partial charge in [0.2, 0.25) is 0 Å². The Morgan fingerprint density at radius 1 is 0.617 bits per heavy atom. The lowest BCUT2D eigenvalue weighted by Gasteiger charge is -2.21. The van der Waals surface area contributed by atoms with Gasteiger partial charge in [0, 0.05) is 36.9 Å². The Hall–Kier alpha value is -4.78. The number of amides is 2. The first kappa shape index (κ1) is 46.3. The number of nitrogens with one attached hydrogen (secondary N) is 3. The van der Waals surface area contributed by atoms with E-state index in [1.165, 1.54) is 43.5 Å². The van der Waals surface area contributed by atoms with E-state index < -0.39 is 11.6 Å². The van der Waals surface area contributed by atoms with Crippen LogP contribution in [0.25, 0.3) is 6.08 Å². The number of carbonyl (C=O) groups excluding carboxylic acids is 3. The molecule has 60 heavy (non-hydrogen) atoms. The van der Waals surface area contributed by atoms with E-state index in [4.69, 9.17) is 42.6 Å². The van der Waals surface area contributed by atoms with Crippen molar-refractivity contribution < 1.29 is 61.4 Å². The van der Waals surface area contributed by atoms with Crippen LogP contribution in [0.5, 0.6) is 11.5 Å². The van der Waals surface area contributed by atoms with Crippen LogP contribution < -0.4 is 25.4 Å². The molecule has 1 aliphatic heterocycles. The molecule has 0 aromatic heterocycles. The third-order valence-corrected chi connectivity index (χ3v) is 9.59. The van der Waals surface area contributed by atoms with Crippen LogP contribution in [-0.2, 0) is 39.6 Å². The Kier molecular flexibility index (Phi) is 19.9. The summed E-state index contributed by atoms with van der Waals surface area (Å²) in [6, 6.07) is 13.7. The van der Waals surface area contributed by atoms with E-state index >= 15 is 4.39 Å². The van der Waals surface area contributed by atoms with Crippen molar-refractivity contribution in [2.75, 3.05) is 120 Å². The Morgan fingerprint density at radius 3 is 1.65 bits per heavy atom. The fourth-order valence-electron chi connectivity index (χ4n) is 6.39. The lowest BCUT2D eigenvalue weighted by atomic mass is 10.00. The zero-order chi connectivity index (χ0) is 42.4. The van der Waals surface area contributed by atoms with Crippen molar-refractivity contribution in [1.82, 2.24) is 16.0 Å². The number of ether oxygens (including phenoxy) is 9. The maximum atomic E-state index is 15.6. The van der Waals surface area contributed by atoms with E-state index in [9.17, 15) is 14.4 Å². The van der Waals surface area contributed by atoms with Crippen molar-refractivity contribution in [1.29, 1.82) is 0 Å². The number of benzene rings is 3. The van der Waals surface area contributed by atoms with Gasteiger partial charge in [-0.1, -0.05) is 30.4 Å². The van der Waals surface area contributed by atoms with E-state index in [-0.39, 0.29) is 59.7 Å². The molecule has 0 bridgehead atoms. The molecule has 1 aliphatic carbocycles. The SMILES string of the molecule is COCCOCCOCCOCCOCCOCCOCCOc1ccc(OC)c(F)c1C(=O)c1ccc(C(=O)N[C@@H]2CNC[C@@H]2NC(=O)c2ccc3c(c2)CC=C3)cc1. The smallest absolute Gasteiger partial charge is 0.251 e. The van der Waals surface area contributed by atoms with Crippen LogP contribution in [-0.4, -0.2) is 149 Å². The molecule has 2 aliphatic rings. The largest absolute Gasteiger partial charge is 0.494 e. The second-order valence-corrected chi connectivity index (χ2v) is 13.7. The molecule has 2 amide bonds. The predicted octanol–water partition coefficient (Wildman–Crippen LogP) is 3.26. The Labute approximate surface area is 350 Å². The first-order valence-electron chi connectivity index (χ1n) is 20.1. The number of ketones is 1. The second kappa shape index (κ2) is 25.8. The molecule has 0 unspecified atom stereocenters. The van der Waals surface area contributed by atoms with Crippen molar-refractivity contribution in [3.63, 3.8) is 0 Å². The van der Waals surface area contributed by atoms with Crippen molar-refractivity contribution in [3.8, 4) is 11.5 Å². The summed E-state index contributed by atoms with van der Waals surface area (Å²) in [6.07, 6.45) is 4.90. The van der Waals surface area contributed by atoms with E-state index in [2.05, 4.69) is 22.0 Å². The topological polar surface area (TPSA) is 170 Å². The van der Waals surface area contributed by atoms with Gasteiger partial charge in [-0.3, -0.25) is 14.4 Å². The van der Waals surface area contributed by atoms with E-state index in [0.29, 0.717) is 103 Å². The van der Waals surface area contributed by atoms with E-state index in [1.54, 1.807) is 13.2 Å². The van der Waals surface area contributed by atoms with Crippen molar-refractivity contribution in [2.45, 2.75) is 18.5 Å². The summed E-state index contributed by atoms with van der Waals surface area (Å²) < 4.78 is 64.1. The summed E-state index contributed by atoms with van der Waals surface area (Å²) >= 11 is 0. The average molecular weight is 838 g/mol. The summed E-state index contributed by atoms with van der Waals surface area (Å²) in [4.78, 5) is 40.0. The molecular formula is C44H56FN3O12. The Bertz CT molecular complexity index is 1840. The van der Waals surface area contributed by atoms with Crippen LogP contribution in [0.2, 0.25) is 0 Å². The van der Waals surface area contributed by atoms with E-state index in [0.717, 1.165) is 17.5 Å². The van der Waals surface area contributed by atoms with Crippen molar-refractivity contribution in [3.05, 3.63) is 99.9 Å². The van der Waals surface area contributed by atoms with Gasteiger partial charge in [-0.05, 0) is 53.9 Å². The van der Waals surface area contributed by atoms with Crippen LogP contribution in [0.4, 0.5) is 4.39 Å². The van der Waals surface area contributed by atoms with Gasteiger partial charge in [0.05, 0.1) is 105 Å². The third kappa shape index (κ3) is 14.4. The van der Waals surface area contributed by atoms with Gasteiger partial charge in [-0.25, -0.2) is 4.39 Å². The van der Waals surface area contributed by atoms with Gasteiger partial charge in [0.25, 0.3) is 11.8 Å². The van der Waals surface area contributed by atoms with Crippen molar-refractivity contribution >= 4 is 23.7 Å². The van der Waals surface area contributed by atoms with Gasteiger partial charge in [0.1, 0.15) is 17.9 Å². The first-order valence-corrected chi connectivity index (χ1v) is 20.1. The molecule has 3 N–H and O–H groups in total. The standard InChI is InChI=1S/C44H56FN3O12/c1-52-14-15-54-16-17-55-18-19-56-20-21-57-22-23-58-24-25-59-26-27-60-38-12-13-39(53-2)41(45)40(38)42(49)32-7-9-33(10-8-32)43(50)47-36-29-46-30-37(36)48-44(51)35-11-6-31-4-3-5-34(31)28-35/h3-4,6-13,28,36-37,46H,5,14-27,29-30H2,1-2H3,(H,47,50)(H,48,51)/t36-,37+/m1/s1. The molecule has 5 rings (SSSR count). The average Bonchev–Trinajstić information content (AvgIpc) is 3.93. The molecule has 16 heteroatoms. The lowest BCUT2D eigenvalue weighted by Crippen LogP contribution is -2.51. The van der Waals surface area contributed by atoms with Gasteiger partial charge >= 0.3 is 0 Å².